The number of ether oxygens (including phenoxy) is 2. The lowest BCUT2D eigenvalue weighted by molar-refractivity contribution is -0.138. The number of alkyl halides is 2. The first-order valence-corrected chi connectivity index (χ1v) is 16.2. The molecule has 0 saturated carbocycles. The first-order chi connectivity index (χ1) is 24.3. The normalized spacial score (nSPS) is 19.4. The zero-order valence-corrected chi connectivity index (χ0v) is 28.7. The summed E-state index contributed by atoms with van der Waals surface area (Å²) in [6, 6.07) is 11.9. The molecule has 1 amide bonds. The zero-order chi connectivity index (χ0) is 37.1. The van der Waals surface area contributed by atoms with Gasteiger partial charge in [-0.25, -0.2) is 28.1 Å². The molecule has 4 N–H and O–H groups in total. The summed E-state index contributed by atoms with van der Waals surface area (Å²) >= 11 is 0. The molecular weight excluding hydrogens is 657 g/mol. The number of amides is 1. The Kier molecular flexibility index (Phi) is 18.7. The van der Waals surface area contributed by atoms with Gasteiger partial charge in [-0.1, -0.05) is 13.8 Å². The van der Waals surface area contributed by atoms with Crippen LogP contribution in [0, 0.1) is 17.1 Å². The Hall–Kier alpha value is -4.40. The number of hydrogen-bond acceptors (Lipinski definition) is 10. The van der Waals surface area contributed by atoms with Gasteiger partial charge in [0.1, 0.15) is 36.7 Å². The van der Waals surface area contributed by atoms with Crippen LogP contribution in [0.4, 0.5) is 24.5 Å². The predicted molar refractivity (Wildman–Crippen MR) is 187 cm³/mol. The Bertz CT molecular complexity index is 1460. The number of halogens is 3. The fourth-order valence-corrected chi connectivity index (χ4v) is 5.32. The van der Waals surface area contributed by atoms with Crippen LogP contribution in [-0.2, 0) is 9.53 Å². The van der Waals surface area contributed by atoms with Crippen molar-refractivity contribution in [2.24, 2.45) is 20.7 Å². The summed E-state index contributed by atoms with van der Waals surface area (Å²) < 4.78 is 50.6. The lowest BCUT2D eigenvalue weighted by atomic mass is 10.0. The van der Waals surface area contributed by atoms with Crippen molar-refractivity contribution in [3.8, 4) is 11.8 Å². The Morgan fingerprint density at radius 2 is 1.82 bits per heavy atom. The standard InChI is InChI=1S/C30H33F2N7O4.C2H6.CH3FO.CH5N/c1-34-30(20-2-5-27(21(12-20)14-33)43-28-6-7-39(15-25(28)32)29(41)16-40)36-19-35-22-3-4-26(24(31)13-22)38-10-8-37(9-11-38)23-17-42-18-23;1-2;2-1-3;1-2/h2-5,12-13,19,23,25,28,40H,1,6-11,15-18H2;1-2H3;3H,1H2;2H2,1H3/t25-,28+;;;/m1.../s1. The van der Waals surface area contributed by atoms with E-state index in [1.165, 1.54) is 36.5 Å². The largest absolute Gasteiger partial charge is 0.486 e. The van der Waals surface area contributed by atoms with Crippen molar-refractivity contribution in [2.75, 3.05) is 77.9 Å². The molecule has 50 heavy (non-hydrogen) atoms. The number of nitrogens with two attached hydrogens (primary N) is 1. The third kappa shape index (κ3) is 11.6. The minimum atomic E-state index is -1.48. The molecule has 13 nitrogen and oxygen atoms in total. The third-order valence-corrected chi connectivity index (χ3v) is 7.87. The summed E-state index contributed by atoms with van der Waals surface area (Å²) in [6.45, 7) is 10.4. The number of hydrogen-bond donors (Lipinski definition) is 3. The SMILES string of the molecule is C=NC(=NC=Nc1ccc(N2CCN(C3COC3)CC2)c(F)c1)c1ccc(O[C@H]2CCN(C(=O)CO)C[C@H]2F)c(C#N)c1.CC.CN.OCF. The van der Waals surface area contributed by atoms with Crippen molar-refractivity contribution in [2.45, 2.75) is 38.6 Å². The zero-order valence-electron chi connectivity index (χ0n) is 28.7. The van der Waals surface area contributed by atoms with E-state index in [1.807, 2.05) is 24.8 Å². The first kappa shape index (κ1) is 41.8. The first-order valence-electron chi connectivity index (χ1n) is 16.2. The lowest BCUT2D eigenvalue weighted by Gasteiger charge is -2.43. The van der Waals surface area contributed by atoms with Crippen LogP contribution in [-0.4, -0.2) is 136 Å². The summed E-state index contributed by atoms with van der Waals surface area (Å²) in [5, 5.41) is 25.6. The van der Waals surface area contributed by atoms with Gasteiger partial charge in [0.2, 0.25) is 5.91 Å². The molecule has 0 radical (unpaired) electrons. The minimum Gasteiger partial charge on any atom is -0.486 e. The van der Waals surface area contributed by atoms with Gasteiger partial charge in [-0.15, -0.1) is 0 Å². The van der Waals surface area contributed by atoms with E-state index >= 15 is 0 Å². The van der Waals surface area contributed by atoms with Crippen molar-refractivity contribution in [3.05, 3.63) is 53.3 Å². The fraction of sp³-hybridized carbons (Fsp3) is 0.500. The molecule has 0 spiro atoms. The van der Waals surface area contributed by atoms with E-state index in [4.69, 9.17) is 19.7 Å². The van der Waals surface area contributed by atoms with Crippen molar-refractivity contribution in [3.63, 3.8) is 0 Å². The van der Waals surface area contributed by atoms with E-state index in [0.29, 0.717) is 23.0 Å². The Morgan fingerprint density at radius 1 is 1.14 bits per heavy atom. The molecule has 3 aliphatic heterocycles. The van der Waals surface area contributed by atoms with Crippen LogP contribution in [0.5, 0.6) is 5.75 Å². The number of nitriles is 1. The van der Waals surface area contributed by atoms with E-state index in [9.17, 15) is 23.2 Å². The van der Waals surface area contributed by atoms with Gasteiger partial charge >= 0.3 is 0 Å². The van der Waals surface area contributed by atoms with Crippen molar-refractivity contribution >= 4 is 36.2 Å². The number of piperazine rings is 1. The van der Waals surface area contributed by atoms with Gasteiger partial charge in [0.25, 0.3) is 0 Å². The van der Waals surface area contributed by atoms with Gasteiger partial charge in [-0.2, -0.15) is 5.26 Å². The molecule has 0 aliphatic carbocycles. The van der Waals surface area contributed by atoms with E-state index in [2.05, 4.69) is 32.3 Å². The third-order valence-electron chi connectivity index (χ3n) is 7.87. The van der Waals surface area contributed by atoms with Gasteiger partial charge < -0.3 is 35.2 Å². The maximum Gasteiger partial charge on any atom is 0.248 e. The Balaban J connectivity index is 0.00000116. The summed E-state index contributed by atoms with van der Waals surface area (Å²) in [4.78, 5) is 29.7. The highest BCUT2D eigenvalue weighted by molar-refractivity contribution is 6.05. The van der Waals surface area contributed by atoms with E-state index < -0.39 is 31.7 Å². The van der Waals surface area contributed by atoms with Gasteiger partial charge in [0, 0.05) is 50.8 Å². The van der Waals surface area contributed by atoms with E-state index in [-0.39, 0.29) is 42.5 Å². The van der Waals surface area contributed by atoms with Crippen LogP contribution in [0.25, 0.3) is 0 Å². The number of nitrogens with zero attached hydrogens (tertiary/aromatic N) is 7. The highest BCUT2D eigenvalue weighted by Crippen LogP contribution is 2.28. The van der Waals surface area contributed by atoms with Gasteiger partial charge in [-0.05, 0) is 44.1 Å². The minimum absolute atomic E-state index is 0.145. The molecule has 2 aromatic rings. The molecule has 3 aliphatic rings. The molecule has 0 unspecified atom stereocenters. The van der Waals surface area contributed by atoms with Crippen molar-refractivity contribution in [1.82, 2.24) is 9.80 Å². The van der Waals surface area contributed by atoms with E-state index in [1.54, 1.807) is 18.2 Å². The maximum absolute atomic E-state index is 15.0. The lowest BCUT2D eigenvalue weighted by Crippen LogP contribution is -2.56. The number of aliphatic hydroxyl groups excluding tert-OH is 2. The molecular formula is C34H47F3N8O5. The van der Waals surface area contributed by atoms with Crippen LogP contribution < -0.4 is 15.4 Å². The highest BCUT2D eigenvalue weighted by Gasteiger charge is 2.33. The predicted octanol–water partition coefficient (Wildman–Crippen LogP) is 2.84. The number of likely N-dealkylation sites (tertiary alicyclic amines) is 1. The highest BCUT2D eigenvalue weighted by atomic mass is 19.1. The number of aliphatic hydroxyl groups is 2. The summed E-state index contributed by atoms with van der Waals surface area (Å²) in [5.41, 5.74) is 6.02. The van der Waals surface area contributed by atoms with Crippen LogP contribution in [0.2, 0.25) is 0 Å². The van der Waals surface area contributed by atoms with Crippen LogP contribution in [0.3, 0.4) is 0 Å². The van der Waals surface area contributed by atoms with Gasteiger partial charge in [0.05, 0.1) is 42.7 Å². The number of benzene rings is 2. The number of rotatable bonds is 8. The van der Waals surface area contributed by atoms with Crippen molar-refractivity contribution in [1.29, 1.82) is 5.26 Å². The molecule has 0 aromatic heterocycles. The van der Waals surface area contributed by atoms with Crippen LogP contribution in [0.1, 0.15) is 31.4 Å². The molecule has 0 bridgehead atoms. The second-order valence-corrected chi connectivity index (χ2v) is 10.6. The average molecular weight is 705 g/mol. The van der Waals surface area contributed by atoms with Crippen LogP contribution in [0.15, 0.2) is 51.4 Å². The quantitative estimate of drug-likeness (QED) is 0.276. The molecule has 3 saturated heterocycles. The monoisotopic (exact) mass is 704 g/mol. The second kappa shape index (κ2) is 22.3. The molecule has 3 fully saturated rings. The average Bonchev–Trinajstić information content (AvgIpc) is 3.12. The summed E-state index contributed by atoms with van der Waals surface area (Å²) in [5.74, 6) is -0.539. The summed E-state index contributed by atoms with van der Waals surface area (Å²) in [6.07, 6.45) is -0.873. The van der Waals surface area contributed by atoms with Crippen molar-refractivity contribution < 1.29 is 37.7 Å². The second-order valence-electron chi connectivity index (χ2n) is 10.6. The molecule has 5 rings (SSSR count). The molecule has 274 valence electrons. The molecule has 2 atom stereocenters. The number of piperidine rings is 1. The number of carbonyl (C=O) groups excluding carboxylic acids is 1. The molecule has 2 aromatic carbocycles. The fourth-order valence-electron chi connectivity index (χ4n) is 5.32. The molecule has 16 heteroatoms. The number of aliphatic imine (C=N–C) groups is 3. The Morgan fingerprint density at radius 3 is 2.36 bits per heavy atom. The number of anilines is 1. The summed E-state index contributed by atoms with van der Waals surface area (Å²) in [7, 11) is 1.50. The Labute approximate surface area is 291 Å². The van der Waals surface area contributed by atoms with Gasteiger partial charge in [-0.3, -0.25) is 9.69 Å². The number of amidine groups is 1. The van der Waals surface area contributed by atoms with Crippen LogP contribution >= 0.6 is 0 Å². The smallest absolute Gasteiger partial charge is 0.248 e. The van der Waals surface area contributed by atoms with E-state index in [0.717, 1.165) is 39.4 Å². The molecule has 3 heterocycles. The van der Waals surface area contributed by atoms with Gasteiger partial charge in [0.15, 0.2) is 18.9 Å². The number of carbonyl (C=O) groups is 1. The maximum atomic E-state index is 15.0. The topological polar surface area (TPSA) is 173 Å².